The Morgan fingerprint density at radius 1 is 1.55 bits per heavy atom. The summed E-state index contributed by atoms with van der Waals surface area (Å²) in [5.41, 5.74) is 4.83. The molecule has 0 aliphatic rings. The van der Waals surface area contributed by atoms with E-state index in [4.69, 9.17) is 9.85 Å². The van der Waals surface area contributed by atoms with E-state index >= 15 is 0 Å². The molecule has 0 aliphatic carbocycles. The van der Waals surface area contributed by atoms with Gasteiger partial charge >= 0.3 is 0 Å². The second-order valence-electron chi connectivity index (χ2n) is 4.59. The predicted octanol–water partition coefficient (Wildman–Crippen LogP) is 1.54. The molecule has 3 N–H and O–H groups in total. The monoisotopic (exact) mass is 318 g/mol. The molecule has 22 heavy (non-hydrogen) atoms. The van der Waals surface area contributed by atoms with Crippen LogP contribution in [0.1, 0.15) is 20.2 Å². The maximum absolute atomic E-state index is 12.4. The normalized spacial score (nSPS) is 13.4. The standard InChI is InChI=1S/C14H13N5O2S/c1-7-5-16-18-12(13(15)20)11(7)17-8-6-22-9-3-4-19(2)14(21)10(8)9/h3-6H,1-2H3,(H2,15,20)(H,16,17)/i1D3. The fourth-order valence-corrected chi connectivity index (χ4v) is 2.93. The Morgan fingerprint density at radius 3 is 3.09 bits per heavy atom. The number of nitrogens with zero attached hydrogens (tertiary/aromatic N) is 3. The number of aryl methyl sites for hydroxylation is 2. The largest absolute Gasteiger partial charge is 0.364 e. The lowest BCUT2D eigenvalue weighted by molar-refractivity contribution is 0.0995. The number of fused-ring (bicyclic) bond motifs is 1. The maximum atomic E-state index is 12.4. The van der Waals surface area contributed by atoms with Crippen molar-refractivity contribution >= 4 is 38.7 Å². The number of amides is 1. The predicted molar refractivity (Wildman–Crippen MR) is 85.6 cm³/mol. The third-order valence-corrected chi connectivity index (χ3v) is 4.09. The number of anilines is 2. The van der Waals surface area contributed by atoms with Crippen LogP contribution < -0.4 is 16.6 Å². The molecule has 8 heteroatoms. The van der Waals surface area contributed by atoms with Crippen LogP contribution in [0.5, 0.6) is 0 Å². The number of thiophene rings is 1. The molecule has 0 aliphatic heterocycles. The van der Waals surface area contributed by atoms with Gasteiger partial charge in [0.25, 0.3) is 11.5 Å². The Bertz CT molecular complexity index is 1040. The van der Waals surface area contributed by atoms with Crippen molar-refractivity contribution in [3.05, 3.63) is 45.5 Å². The quantitative estimate of drug-likeness (QED) is 0.762. The van der Waals surface area contributed by atoms with Crippen LogP contribution in [0, 0.1) is 6.85 Å². The van der Waals surface area contributed by atoms with Gasteiger partial charge in [-0.15, -0.1) is 16.4 Å². The van der Waals surface area contributed by atoms with E-state index in [2.05, 4.69) is 15.5 Å². The van der Waals surface area contributed by atoms with Crippen molar-refractivity contribution in [2.45, 2.75) is 6.85 Å². The smallest absolute Gasteiger partial charge is 0.271 e. The molecule has 0 aromatic carbocycles. The Hall–Kier alpha value is -2.74. The summed E-state index contributed by atoms with van der Waals surface area (Å²) in [5, 5.41) is 12.1. The molecular formula is C14H13N5O2S. The van der Waals surface area contributed by atoms with E-state index in [-0.39, 0.29) is 22.5 Å². The van der Waals surface area contributed by atoms with Crippen molar-refractivity contribution in [2.75, 3.05) is 5.32 Å². The zero-order chi connectivity index (χ0) is 18.4. The molecular weight excluding hydrogens is 302 g/mol. The Morgan fingerprint density at radius 2 is 2.36 bits per heavy atom. The highest BCUT2D eigenvalue weighted by Crippen LogP contribution is 2.31. The average molecular weight is 318 g/mol. The van der Waals surface area contributed by atoms with Gasteiger partial charge in [-0.05, 0) is 18.5 Å². The third kappa shape index (κ3) is 2.23. The van der Waals surface area contributed by atoms with Gasteiger partial charge < -0.3 is 15.6 Å². The molecule has 3 rings (SSSR count). The van der Waals surface area contributed by atoms with Gasteiger partial charge in [-0.1, -0.05) is 0 Å². The Balaban J connectivity index is 2.24. The number of hydrogen-bond donors (Lipinski definition) is 2. The highest BCUT2D eigenvalue weighted by atomic mass is 32.1. The van der Waals surface area contributed by atoms with Crippen molar-refractivity contribution < 1.29 is 8.91 Å². The van der Waals surface area contributed by atoms with Crippen molar-refractivity contribution in [3.63, 3.8) is 0 Å². The molecule has 0 atom stereocenters. The molecule has 0 saturated carbocycles. The van der Waals surface area contributed by atoms with Crippen molar-refractivity contribution in [3.8, 4) is 0 Å². The van der Waals surface area contributed by atoms with Gasteiger partial charge in [-0.3, -0.25) is 9.59 Å². The number of carbonyl (C=O) groups is 1. The van der Waals surface area contributed by atoms with Gasteiger partial charge in [-0.25, -0.2) is 0 Å². The van der Waals surface area contributed by atoms with E-state index < -0.39 is 12.8 Å². The second-order valence-corrected chi connectivity index (χ2v) is 5.50. The number of aromatic nitrogens is 3. The first-order valence-electron chi connectivity index (χ1n) is 7.70. The summed E-state index contributed by atoms with van der Waals surface area (Å²) < 4.78 is 25.0. The van der Waals surface area contributed by atoms with Crippen LogP contribution in [0.3, 0.4) is 0 Å². The fourth-order valence-electron chi connectivity index (χ4n) is 2.05. The van der Waals surface area contributed by atoms with E-state index in [9.17, 15) is 9.59 Å². The number of pyridine rings is 1. The first-order valence-corrected chi connectivity index (χ1v) is 7.08. The van der Waals surface area contributed by atoms with Gasteiger partial charge in [0, 0.05) is 27.4 Å². The number of carbonyl (C=O) groups excluding carboxylic acids is 1. The average Bonchev–Trinajstić information content (AvgIpc) is 2.93. The number of nitrogens with two attached hydrogens (primary N) is 1. The first kappa shape index (κ1) is 10.9. The van der Waals surface area contributed by atoms with Gasteiger partial charge in [0.15, 0.2) is 5.69 Å². The molecule has 0 spiro atoms. The minimum absolute atomic E-state index is 0.0758. The van der Waals surface area contributed by atoms with Crippen molar-refractivity contribution in [2.24, 2.45) is 12.8 Å². The lowest BCUT2D eigenvalue weighted by atomic mass is 10.2. The zero-order valence-electron chi connectivity index (χ0n) is 14.5. The minimum Gasteiger partial charge on any atom is -0.364 e. The van der Waals surface area contributed by atoms with Crippen LogP contribution in [-0.2, 0) is 7.05 Å². The first-order chi connectivity index (χ1) is 11.7. The van der Waals surface area contributed by atoms with E-state index in [0.29, 0.717) is 11.1 Å². The zero-order valence-corrected chi connectivity index (χ0v) is 12.3. The van der Waals surface area contributed by atoms with Crippen LogP contribution in [0.15, 0.2) is 28.6 Å². The highest BCUT2D eigenvalue weighted by molar-refractivity contribution is 7.17. The summed E-state index contributed by atoms with van der Waals surface area (Å²) in [7, 11) is 1.61. The summed E-state index contributed by atoms with van der Waals surface area (Å²) in [6.07, 6.45) is 2.69. The summed E-state index contributed by atoms with van der Waals surface area (Å²) in [4.78, 5) is 24.0. The van der Waals surface area contributed by atoms with Gasteiger partial charge in [0.2, 0.25) is 0 Å². The van der Waals surface area contributed by atoms with E-state index in [1.54, 1.807) is 24.7 Å². The summed E-state index contributed by atoms with van der Waals surface area (Å²) in [6.45, 7) is -2.54. The molecule has 3 aromatic heterocycles. The second kappa shape index (κ2) is 5.23. The Kier molecular flexibility index (Phi) is 2.59. The van der Waals surface area contributed by atoms with Gasteiger partial charge in [-0.2, -0.15) is 5.10 Å². The van der Waals surface area contributed by atoms with Crippen LogP contribution in [-0.4, -0.2) is 20.7 Å². The molecule has 0 radical (unpaired) electrons. The maximum Gasteiger partial charge on any atom is 0.271 e. The van der Waals surface area contributed by atoms with Gasteiger partial charge in [0.05, 0.1) is 23.0 Å². The van der Waals surface area contributed by atoms with Crippen LogP contribution in [0.4, 0.5) is 11.4 Å². The fraction of sp³-hybridized carbons (Fsp3) is 0.143. The summed E-state index contributed by atoms with van der Waals surface area (Å²) >= 11 is 1.31. The van der Waals surface area contributed by atoms with E-state index in [1.165, 1.54) is 15.9 Å². The van der Waals surface area contributed by atoms with Crippen molar-refractivity contribution in [1.82, 2.24) is 14.8 Å². The SMILES string of the molecule is [2H]C([2H])([2H])c1cnnc(C(N)=O)c1Nc1csc2ccn(C)c(=O)c12. The number of primary amides is 1. The number of hydrogen-bond acceptors (Lipinski definition) is 6. The molecule has 0 saturated heterocycles. The topological polar surface area (TPSA) is 103 Å². The molecule has 3 aromatic rings. The molecule has 0 unspecified atom stereocenters. The van der Waals surface area contributed by atoms with E-state index in [1.807, 2.05) is 0 Å². The number of rotatable bonds is 3. The Labute approximate surface area is 133 Å². The van der Waals surface area contributed by atoms with Crippen molar-refractivity contribution in [1.29, 1.82) is 0 Å². The molecule has 7 nitrogen and oxygen atoms in total. The number of nitrogens with one attached hydrogen (secondary N) is 1. The molecule has 112 valence electrons. The van der Waals surface area contributed by atoms with E-state index in [0.717, 1.165) is 10.9 Å². The summed E-state index contributed by atoms with van der Waals surface area (Å²) in [6, 6.07) is 1.77. The van der Waals surface area contributed by atoms with Gasteiger partial charge in [0.1, 0.15) is 0 Å². The third-order valence-electron chi connectivity index (χ3n) is 3.15. The highest BCUT2D eigenvalue weighted by Gasteiger charge is 2.16. The van der Waals surface area contributed by atoms with Crippen LogP contribution >= 0.6 is 11.3 Å². The summed E-state index contributed by atoms with van der Waals surface area (Å²) in [5.74, 6) is -0.923. The molecule has 1 amide bonds. The molecule has 3 heterocycles. The lowest BCUT2D eigenvalue weighted by Crippen LogP contribution is -2.18. The minimum atomic E-state index is -2.54. The molecule has 0 fully saturated rings. The lowest BCUT2D eigenvalue weighted by Gasteiger charge is -2.10. The molecule has 0 bridgehead atoms. The van der Waals surface area contributed by atoms with Crippen LogP contribution in [0.25, 0.3) is 10.1 Å². The van der Waals surface area contributed by atoms with Crippen LogP contribution in [0.2, 0.25) is 0 Å².